The van der Waals surface area contributed by atoms with Crippen LogP contribution in [0.25, 0.3) is 11.3 Å². The largest absolute Gasteiger partial charge is 0.507 e. The molecule has 32 heavy (non-hydrogen) atoms. The molecule has 1 atom stereocenters. The number of benzene rings is 2. The van der Waals surface area contributed by atoms with Crippen molar-refractivity contribution in [3.05, 3.63) is 57.7 Å². The number of aromatic nitrogens is 2. The molecule has 3 aromatic rings. The fraction of sp³-hybridized carbons (Fsp3) is 0.304. The van der Waals surface area contributed by atoms with Crippen LogP contribution in [0, 0.1) is 6.92 Å². The van der Waals surface area contributed by atoms with Crippen molar-refractivity contribution >= 4 is 17.5 Å². The minimum atomic E-state index is -0.553. The first-order valence-corrected chi connectivity index (χ1v) is 10.6. The number of ether oxygens (including phenoxy) is 2. The van der Waals surface area contributed by atoms with Gasteiger partial charge in [-0.25, -0.2) is 0 Å². The quantitative estimate of drug-likeness (QED) is 0.499. The van der Waals surface area contributed by atoms with E-state index in [2.05, 4.69) is 10.2 Å². The van der Waals surface area contributed by atoms with Crippen molar-refractivity contribution in [2.45, 2.75) is 19.9 Å². The van der Waals surface area contributed by atoms with E-state index in [4.69, 9.17) is 21.1 Å². The molecule has 2 aromatic carbocycles. The number of β-amino-alcohol motifs (C(OH)–C–C–N with tert-alkyl or cyclic N) is 1. The predicted octanol–water partition coefficient (Wildman–Crippen LogP) is 3.69. The standard InChI is InChI=1S/C23H24ClN3O5/c1-4-32-17-6-5-13(10-18(17)31-3)22-19-20(14-11-15(24)12(2)9-16(14)29)25-26-21(19)23(30)27(22)7-8-28/h5-6,9-11,22,28-29H,4,7-8H2,1-3H3,(H,25,26)/t22-/m0/s1. The number of aryl methyl sites for hydroxylation is 1. The van der Waals surface area contributed by atoms with E-state index in [0.717, 1.165) is 11.1 Å². The van der Waals surface area contributed by atoms with Crippen LogP contribution < -0.4 is 9.47 Å². The average Bonchev–Trinajstić information content (AvgIpc) is 3.31. The first-order chi connectivity index (χ1) is 15.4. The third kappa shape index (κ3) is 3.55. The lowest BCUT2D eigenvalue weighted by atomic mass is 9.95. The van der Waals surface area contributed by atoms with Crippen LogP contribution in [0.3, 0.4) is 0 Å². The number of aliphatic hydroxyl groups excluding tert-OH is 1. The van der Waals surface area contributed by atoms with Gasteiger partial charge in [0.15, 0.2) is 11.5 Å². The number of aromatic amines is 1. The van der Waals surface area contributed by atoms with Crippen LogP contribution in [0.1, 0.15) is 40.1 Å². The number of nitrogens with zero attached hydrogens (tertiary/aromatic N) is 2. The van der Waals surface area contributed by atoms with E-state index in [1.807, 2.05) is 13.0 Å². The van der Waals surface area contributed by atoms with Crippen molar-refractivity contribution in [3.8, 4) is 28.5 Å². The predicted molar refractivity (Wildman–Crippen MR) is 120 cm³/mol. The Hall–Kier alpha value is -3.23. The number of phenols is 1. The second-order valence-electron chi connectivity index (χ2n) is 7.45. The molecule has 4 rings (SSSR count). The molecule has 0 fully saturated rings. The van der Waals surface area contributed by atoms with Gasteiger partial charge in [-0.2, -0.15) is 5.10 Å². The fourth-order valence-corrected chi connectivity index (χ4v) is 4.24. The van der Waals surface area contributed by atoms with Crippen LogP contribution in [-0.2, 0) is 0 Å². The summed E-state index contributed by atoms with van der Waals surface area (Å²) in [6.45, 7) is 4.09. The van der Waals surface area contributed by atoms with Crippen molar-refractivity contribution in [2.75, 3.05) is 26.9 Å². The van der Waals surface area contributed by atoms with Crippen molar-refractivity contribution in [1.29, 1.82) is 0 Å². The molecule has 2 heterocycles. The van der Waals surface area contributed by atoms with Crippen LogP contribution in [0.2, 0.25) is 5.02 Å². The highest BCUT2D eigenvalue weighted by molar-refractivity contribution is 6.31. The first kappa shape index (κ1) is 22.0. The monoisotopic (exact) mass is 457 g/mol. The molecular formula is C23H24ClN3O5. The smallest absolute Gasteiger partial charge is 0.273 e. The molecule has 3 N–H and O–H groups in total. The molecule has 1 aliphatic rings. The highest BCUT2D eigenvalue weighted by atomic mass is 35.5. The number of amides is 1. The van der Waals surface area contributed by atoms with Crippen molar-refractivity contribution in [2.24, 2.45) is 0 Å². The molecule has 9 heteroatoms. The molecule has 1 aromatic heterocycles. The lowest BCUT2D eigenvalue weighted by molar-refractivity contribution is 0.0706. The Morgan fingerprint density at radius 1 is 1.25 bits per heavy atom. The van der Waals surface area contributed by atoms with Gasteiger partial charge in [0.1, 0.15) is 17.1 Å². The van der Waals surface area contributed by atoms with Crippen LogP contribution >= 0.6 is 11.6 Å². The van der Waals surface area contributed by atoms with Gasteiger partial charge in [0.2, 0.25) is 0 Å². The Kier molecular flexibility index (Phi) is 5.99. The van der Waals surface area contributed by atoms with Crippen molar-refractivity contribution < 1.29 is 24.5 Å². The van der Waals surface area contributed by atoms with Gasteiger partial charge in [0.05, 0.1) is 26.4 Å². The van der Waals surface area contributed by atoms with Gasteiger partial charge < -0.3 is 24.6 Å². The zero-order valence-corrected chi connectivity index (χ0v) is 18.7. The van der Waals surface area contributed by atoms with E-state index in [1.54, 1.807) is 43.2 Å². The summed E-state index contributed by atoms with van der Waals surface area (Å²) in [6.07, 6.45) is 0. The third-order valence-corrected chi connectivity index (χ3v) is 5.95. The Balaban J connectivity index is 1.90. The molecule has 0 spiro atoms. The Morgan fingerprint density at radius 3 is 2.72 bits per heavy atom. The van der Waals surface area contributed by atoms with Crippen LogP contribution in [0.4, 0.5) is 0 Å². The summed E-state index contributed by atoms with van der Waals surface area (Å²) >= 11 is 6.31. The van der Waals surface area contributed by atoms with Gasteiger partial charge in [0.25, 0.3) is 5.91 Å². The molecule has 0 radical (unpaired) electrons. The number of phenolic OH excluding ortho intramolecular Hbond substituents is 1. The summed E-state index contributed by atoms with van der Waals surface area (Å²) in [6, 6.07) is 8.10. The maximum absolute atomic E-state index is 13.1. The number of H-pyrrole nitrogens is 1. The topological polar surface area (TPSA) is 108 Å². The lowest BCUT2D eigenvalue weighted by Gasteiger charge is -2.26. The molecule has 0 bridgehead atoms. The number of methoxy groups -OCH3 is 1. The van der Waals surface area contributed by atoms with Crippen LogP contribution in [-0.4, -0.2) is 58.1 Å². The summed E-state index contributed by atoms with van der Waals surface area (Å²) in [4.78, 5) is 14.7. The van der Waals surface area contributed by atoms with E-state index in [9.17, 15) is 15.0 Å². The zero-order chi connectivity index (χ0) is 23.0. The molecule has 8 nitrogen and oxygen atoms in total. The maximum Gasteiger partial charge on any atom is 0.273 e. The number of halogens is 1. The van der Waals surface area contributed by atoms with Crippen LogP contribution in [0.15, 0.2) is 30.3 Å². The van der Waals surface area contributed by atoms with E-state index in [0.29, 0.717) is 45.6 Å². The SMILES string of the molecule is CCOc1ccc([C@H]2c3c(-c4cc(Cl)c(C)cc4O)n[nH]c3C(=O)N2CCO)cc1OC. The van der Waals surface area contributed by atoms with Crippen LogP contribution in [0.5, 0.6) is 17.2 Å². The molecule has 168 valence electrons. The van der Waals surface area contributed by atoms with E-state index in [1.165, 1.54) is 0 Å². The normalized spacial score (nSPS) is 15.2. The molecule has 0 saturated carbocycles. The molecular weight excluding hydrogens is 434 g/mol. The number of rotatable bonds is 7. The number of aliphatic hydroxyl groups is 1. The fourth-order valence-electron chi connectivity index (χ4n) is 4.07. The Morgan fingerprint density at radius 2 is 2.03 bits per heavy atom. The number of nitrogens with one attached hydrogen (secondary N) is 1. The highest BCUT2D eigenvalue weighted by Gasteiger charge is 2.42. The molecule has 1 aliphatic heterocycles. The number of aromatic hydroxyl groups is 1. The second kappa shape index (κ2) is 8.72. The third-order valence-electron chi connectivity index (χ3n) is 5.54. The highest BCUT2D eigenvalue weighted by Crippen LogP contribution is 2.46. The summed E-state index contributed by atoms with van der Waals surface area (Å²) in [7, 11) is 1.55. The molecule has 0 unspecified atom stereocenters. The zero-order valence-electron chi connectivity index (χ0n) is 18.0. The number of hydrogen-bond donors (Lipinski definition) is 3. The minimum absolute atomic E-state index is 0.0114. The number of fused-ring (bicyclic) bond motifs is 1. The van der Waals surface area contributed by atoms with Gasteiger partial charge in [0, 0.05) is 22.7 Å². The molecule has 0 saturated heterocycles. The van der Waals surface area contributed by atoms with E-state index >= 15 is 0 Å². The minimum Gasteiger partial charge on any atom is -0.507 e. The summed E-state index contributed by atoms with van der Waals surface area (Å²) < 4.78 is 11.1. The number of carbonyl (C=O) groups excluding carboxylic acids is 1. The summed E-state index contributed by atoms with van der Waals surface area (Å²) in [5.41, 5.74) is 3.23. The van der Waals surface area contributed by atoms with Gasteiger partial charge in [-0.1, -0.05) is 17.7 Å². The van der Waals surface area contributed by atoms with Gasteiger partial charge >= 0.3 is 0 Å². The average molecular weight is 458 g/mol. The van der Waals surface area contributed by atoms with Gasteiger partial charge in [-0.05, 0) is 49.2 Å². The Bertz CT molecular complexity index is 1180. The van der Waals surface area contributed by atoms with Crippen molar-refractivity contribution in [1.82, 2.24) is 15.1 Å². The van der Waals surface area contributed by atoms with Gasteiger partial charge in [-0.3, -0.25) is 9.89 Å². The van der Waals surface area contributed by atoms with Gasteiger partial charge in [-0.15, -0.1) is 0 Å². The van der Waals surface area contributed by atoms with E-state index in [-0.39, 0.29) is 24.8 Å². The van der Waals surface area contributed by atoms with E-state index < -0.39 is 6.04 Å². The maximum atomic E-state index is 13.1. The molecule has 0 aliphatic carbocycles. The Labute approximate surface area is 190 Å². The summed E-state index contributed by atoms with van der Waals surface area (Å²) in [5, 5.41) is 27.8. The second-order valence-corrected chi connectivity index (χ2v) is 7.85. The summed E-state index contributed by atoms with van der Waals surface area (Å²) in [5.74, 6) is 0.841. The number of hydrogen-bond acceptors (Lipinski definition) is 6. The molecule has 1 amide bonds. The van der Waals surface area contributed by atoms with Crippen molar-refractivity contribution in [3.63, 3.8) is 0 Å². The first-order valence-electron chi connectivity index (χ1n) is 10.2. The number of carbonyl (C=O) groups is 1. The lowest BCUT2D eigenvalue weighted by Crippen LogP contribution is -2.32.